The molecule has 0 bridgehead atoms. The van der Waals surface area contributed by atoms with E-state index in [4.69, 9.17) is 0 Å². The number of rotatable bonds is 5. The van der Waals surface area contributed by atoms with Crippen LogP contribution in [0.5, 0.6) is 0 Å². The SMILES string of the molecule is O=C(Cc1ccc([N+](=O)[O-])cc1)N1CCN(CC2CC2)CC1. The lowest BCUT2D eigenvalue weighted by Crippen LogP contribution is -2.49. The van der Waals surface area contributed by atoms with Crippen molar-refractivity contribution in [3.05, 3.63) is 39.9 Å². The van der Waals surface area contributed by atoms with Crippen molar-refractivity contribution >= 4 is 11.6 Å². The van der Waals surface area contributed by atoms with E-state index in [2.05, 4.69) is 4.90 Å². The first-order valence-electron chi connectivity index (χ1n) is 7.85. The quantitative estimate of drug-likeness (QED) is 0.613. The summed E-state index contributed by atoms with van der Waals surface area (Å²) in [5.74, 6) is 1.00. The Labute approximate surface area is 129 Å². The zero-order valence-electron chi connectivity index (χ0n) is 12.6. The number of carbonyl (C=O) groups is 1. The Bertz CT molecular complexity index is 546. The van der Waals surface area contributed by atoms with Crippen LogP contribution in [-0.4, -0.2) is 53.4 Å². The van der Waals surface area contributed by atoms with Crippen LogP contribution in [-0.2, 0) is 11.2 Å². The predicted molar refractivity (Wildman–Crippen MR) is 82.5 cm³/mol. The van der Waals surface area contributed by atoms with Crippen molar-refractivity contribution in [2.45, 2.75) is 19.3 Å². The fraction of sp³-hybridized carbons (Fsp3) is 0.562. The molecule has 3 rings (SSSR count). The second-order valence-corrected chi connectivity index (χ2v) is 6.23. The summed E-state index contributed by atoms with van der Waals surface area (Å²) in [6, 6.07) is 6.24. The topological polar surface area (TPSA) is 66.7 Å². The largest absolute Gasteiger partial charge is 0.340 e. The second-order valence-electron chi connectivity index (χ2n) is 6.23. The summed E-state index contributed by atoms with van der Waals surface area (Å²) in [5, 5.41) is 10.6. The Balaban J connectivity index is 1.48. The molecule has 0 spiro atoms. The van der Waals surface area contributed by atoms with Crippen molar-refractivity contribution in [2.75, 3.05) is 32.7 Å². The molecule has 0 unspecified atom stereocenters. The molecule has 1 aromatic carbocycles. The molecule has 1 aliphatic heterocycles. The van der Waals surface area contributed by atoms with E-state index in [0.717, 1.165) is 37.7 Å². The van der Waals surface area contributed by atoms with Crippen molar-refractivity contribution < 1.29 is 9.72 Å². The van der Waals surface area contributed by atoms with Gasteiger partial charge in [-0.05, 0) is 24.3 Å². The molecule has 0 aromatic heterocycles. The minimum Gasteiger partial charge on any atom is -0.340 e. The third-order valence-corrected chi connectivity index (χ3v) is 4.44. The number of amides is 1. The zero-order chi connectivity index (χ0) is 15.5. The Kier molecular flexibility index (Phi) is 4.38. The van der Waals surface area contributed by atoms with Crippen molar-refractivity contribution in [3.8, 4) is 0 Å². The van der Waals surface area contributed by atoms with Gasteiger partial charge in [0.25, 0.3) is 5.69 Å². The number of non-ortho nitro benzene ring substituents is 1. The molecule has 6 nitrogen and oxygen atoms in total. The van der Waals surface area contributed by atoms with Gasteiger partial charge in [0.2, 0.25) is 5.91 Å². The van der Waals surface area contributed by atoms with Crippen LogP contribution < -0.4 is 0 Å². The van der Waals surface area contributed by atoms with Crippen molar-refractivity contribution in [1.29, 1.82) is 0 Å². The highest BCUT2D eigenvalue weighted by molar-refractivity contribution is 5.79. The average Bonchev–Trinajstić information content (AvgIpc) is 3.32. The van der Waals surface area contributed by atoms with Gasteiger partial charge < -0.3 is 4.90 Å². The number of nitrogens with zero attached hydrogens (tertiary/aromatic N) is 3. The maximum atomic E-state index is 12.3. The van der Waals surface area contributed by atoms with Gasteiger partial charge in [-0.1, -0.05) is 12.1 Å². The summed E-state index contributed by atoms with van der Waals surface area (Å²) < 4.78 is 0. The molecule has 6 heteroatoms. The average molecular weight is 303 g/mol. The number of piperazine rings is 1. The maximum Gasteiger partial charge on any atom is 0.269 e. The van der Waals surface area contributed by atoms with Crippen LogP contribution in [0.3, 0.4) is 0 Å². The van der Waals surface area contributed by atoms with E-state index in [0.29, 0.717) is 6.42 Å². The van der Waals surface area contributed by atoms with Gasteiger partial charge in [0, 0.05) is 44.9 Å². The fourth-order valence-corrected chi connectivity index (χ4v) is 2.87. The van der Waals surface area contributed by atoms with E-state index in [-0.39, 0.29) is 11.6 Å². The Hall–Kier alpha value is -1.95. The highest BCUT2D eigenvalue weighted by Crippen LogP contribution is 2.29. The first-order chi connectivity index (χ1) is 10.6. The molecule has 0 atom stereocenters. The molecule has 1 aromatic rings. The first kappa shape index (κ1) is 15.0. The van der Waals surface area contributed by atoms with Crippen LogP contribution in [0.15, 0.2) is 24.3 Å². The van der Waals surface area contributed by atoms with Crippen LogP contribution >= 0.6 is 0 Å². The number of nitro groups is 1. The van der Waals surface area contributed by atoms with E-state index in [1.54, 1.807) is 12.1 Å². The third-order valence-electron chi connectivity index (χ3n) is 4.44. The number of nitro benzene ring substituents is 1. The zero-order valence-corrected chi connectivity index (χ0v) is 12.6. The fourth-order valence-electron chi connectivity index (χ4n) is 2.87. The van der Waals surface area contributed by atoms with Gasteiger partial charge >= 0.3 is 0 Å². The molecule has 1 heterocycles. The molecular formula is C16H21N3O3. The van der Waals surface area contributed by atoms with Gasteiger partial charge in [0.15, 0.2) is 0 Å². The van der Waals surface area contributed by atoms with Gasteiger partial charge in [-0.15, -0.1) is 0 Å². The van der Waals surface area contributed by atoms with Gasteiger partial charge in [0.1, 0.15) is 0 Å². The van der Waals surface area contributed by atoms with Crippen LogP contribution in [0, 0.1) is 16.0 Å². The first-order valence-corrected chi connectivity index (χ1v) is 7.85. The normalized spacial score (nSPS) is 19.2. The Morgan fingerprint density at radius 2 is 1.77 bits per heavy atom. The summed E-state index contributed by atoms with van der Waals surface area (Å²) in [7, 11) is 0. The summed E-state index contributed by atoms with van der Waals surface area (Å²) in [6.45, 7) is 4.69. The van der Waals surface area contributed by atoms with E-state index in [1.807, 2.05) is 4.90 Å². The number of carbonyl (C=O) groups excluding carboxylic acids is 1. The monoisotopic (exact) mass is 303 g/mol. The number of benzene rings is 1. The van der Waals surface area contributed by atoms with Gasteiger partial charge in [-0.25, -0.2) is 0 Å². The molecule has 118 valence electrons. The van der Waals surface area contributed by atoms with Crippen LogP contribution in [0.4, 0.5) is 5.69 Å². The molecule has 2 aliphatic rings. The van der Waals surface area contributed by atoms with E-state index in [1.165, 1.54) is 31.5 Å². The minimum atomic E-state index is -0.426. The lowest BCUT2D eigenvalue weighted by atomic mass is 10.1. The van der Waals surface area contributed by atoms with Crippen molar-refractivity contribution in [2.24, 2.45) is 5.92 Å². The highest BCUT2D eigenvalue weighted by atomic mass is 16.6. The molecule has 1 saturated heterocycles. The lowest BCUT2D eigenvalue weighted by molar-refractivity contribution is -0.384. The van der Waals surface area contributed by atoms with Gasteiger partial charge in [0.05, 0.1) is 11.3 Å². The van der Waals surface area contributed by atoms with Crippen molar-refractivity contribution in [3.63, 3.8) is 0 Å². The van der Waals surface area contributed by atoms with E-state index >= 15 is 0 Å². The van der Waals surface area contributed by atoms with Crippen LogP contribution in [0.1, 0.15) is 18.4 Å². The standard InChI is InChI=1S/C16H21N3O3/c20-16(11-13-3-5-15(6-4-13)19(21)22)18-9-7-17(8-10-18)12-14-1-2-14/h3-6,14H,1-2,7-12H2. The second kappa shape index (κ2) is 6.44. The lowest BCUT2D eigenvalue weighted by Gasteiger charge is -2.34. The highest BCUT2D eigenvalue weighted by Gasteiger charge is 2.27. The van der Waals surface area contributed by atoms with Gasteiger partial charge in [-0.3, -0.25) is 19.8 Å². The van der Waals surface area contributed by atoms with Gasteiger partial charge in [-0.2, -0.15) is 0 Å². The molecule has 0 radical (unpaired) electrons. The molecule has 22 heavy (non-hydrogen) atoms. The Morgan fingerprint density at radius 1 is 1.14 bits per heavy atom. The number of hydrogen-bond donors (Lipinski definition) is 0. The van der Waals surface area contributed by atoms with Crippen molar-refractivity contribution in [1.82, 2.24) is 9.80 Å². The predicted octanol–water partition coefficient (Wildman–Crippen LogP) is 1.69. The maximum absolute atomic E-state index is 12.3. The smallest absolute Gasteiger partial charge is 0.269 e. The van der Waals surface area contributed by atoms with E-state index in [9.17, 15) is 14.9 Å². The summed E-state index contributed by atoms with van der Waals surface area (Å²) in [4.78, 5) is 26.9. The summed E-state index contributed by atoms with van der Waals surface area (Å²) in [6.07, 6.45) is 3.04. The van der Waals surface area contributed by atoms with E-state index < -0.39 is 4.92 Å². The minimum absolute atomic E-state index is 0.0601. The van der Waals surface area contributed by atoms with Crippen LogP contribution in [0.2, 0.25) is 0 Å². The number of hydrogen-bond acceptors (Lipinski definition) is 4. The third kappa shape index (κ3) is 3.82. The summed E-state index contributed by atoms with van der Waals surface area (Å²) >= 11 is 0. The van der Waals surface area contributed by atoms with Crippen LogP contribution in [0.25, 0.3) is 0 Å². The molecular weight excluding hydrogens is 282 g/mol. The Morgan fingerprint density at radius 3 is 2.32 bits per heavy atom. The molecule has 1 saturated carbocycles. The molecule has 2 fully saturated rings. The molecule has 1 aliphatic carbocycles. The molecule has 0 N–H and O–H groups in total. The summed E-state index contributed by atoms with van der Waals surface area (Å²) in [5.41, 5.74) is 0.890. The molecule has 1 amide bonds.